The summed E-state index contributed by atoms with van der Waals surface area (Å²) in [6, 6.07) is 6.42. The Labute approximate surface area is 101 Å². The van der Waals surface area contributed by atoms with Crippen molar-refractivity contribution in [3.63, 3.8) is 0 Å². The average Bonchev–Trinajstić information content (AvgIpc) is 2.69. The molecule has 0 fully saturated rings. The van der Waals surface area contributed by atoms with Gasteiger partial charge in [0.25, 0.3) is 0 Å². The first kappa shape index (κ1) is 11.5. The molecule has 0 radical (unpaired) electrons. The second kappa shape index (κ2) is 4.46. The smallest absolute Gasteiger partial charge is 0.161 e. The molecular formula is C14H16OS. The van der Waals surface area contributed by atoms with Gasteiger partial charge in [-0.15, -0.1) is 11.8 Å². The van der Waals surface area contributed by atoms with E-state index >= 15 is 0 Å². The quantitative estimate of drug-likeness (QED) is 0.741. The van der Waals surface area contributed by atoms with E-state index in [-0.39, 0.29) is 11.7 Å². The van der Waals surface area contributed by atoms with E-state index in [1.54, 1.807) is 11.8 Å². The fraction of sp³-hybridized carbons (Fsp3) is 0.357. The molecule has 0 aliphatic heterocycles. The zero-order chi connectivity index (χ0) is 11.7. The molecule has 16 heavy (non-hydrogen) atoms. The Kier molecular flexibility index (Phi) is 3.20. The van der Waals surface area contributed by atoms with Crippen LogP contribution < -0.4 is 0 Å². The van der Waals surface area contributed by atoms with Crippen LogP contribution in [0.3, 0.4) is 0 Å². The first-order chi connectivity index (χ1) is 7.61. The van der Waals surface area contributed by atoms with Gasteiger partial charge in [-0.05, 0) is 35.6 Å². The third-order valence-electron chi connectivity index (χ3n) is 2.90. The molecular weight excluding hydrogens is 216 g/mol. The van der Waals surface area contributed by atoms with Crippen LogP contribution in [0.4, 0.5) is 0 Å². The van der Waals surface area contributed by atoms with Crippen LogP contribution in [0, 0.1) is 5.92 Å². The Balaban J connectivity index is 2.26. The monoisotopic (exact) mass is 232 g/mol. The summed E-state index contributed by atoms with van der Waals surface area (Å²) < 4.78 is 0. The van der Waals surface area contributed by atoms with Crippen molar-refractivity contribution in [1.82, 2.24) is 0 Å². The van der Waals surface area contributed by atoms with Crippen molar-refractivity contribution in [3.05, 3.63) is 34.9 Å². The van der Waals surface area contributed by atoms with Gasteiger partial charge in [0.2, 0.25) is 0 Å². The lowest BCUT2D eigenvalue weighted by atomic mass is 10.00. The molecule has 84 valence electrons. The minimum Gasteiger partial charge on any atom is -0.294 e. The zero-order valence-corrected chi connectivity index (χ0v) is 10.7. The van der Waals surface area contributed by atoms with Gasteiger partial charge in [0, 0.05) is 22.8 Å². The molecule has 2 rings (SSSR count). The molecule has 0 bridgehead atoms. The molecule has 0 aromatic heterocycles. The third kappa shape index (κ3) is 2.07. The lowest BCUT2D eigenvalue weighted by Gasteiger charge is -2.04. The highest BCUT2D eigenvalue weighted by molar-refractivity contribution is 7.98. The molecule has 0 saturated heterocycles. The number of thioether (sulfide) groups is 1. The summed E-state index contributed by atoms with van der Waals surface area (Å²) in [6.07, 6.45) is 4.92. The van der Waals surface area contributed by atoms with Gasteiger partial charge in [-0.2, -0.15) is 0 Å². The van der Waals surface area contributed by atoms with Crippen molar-refractivity contribution in [2.24, 2.45) is 5.92 Å². The molecule has 0 saturated carbocycles. The number of allylic oxidation sites excluding steroid dienone is 1. The van der Waals surface area contributed by atoms with Crippen LogP contribution in [0.5, 0.6) is 0 Å². The van der Waals surface area contributed by atoms with Crippen LogP contribution >= 0.6 is 11.8 Å². The number of hydrogen-bond acceptors (Lipinski definition) is 2. The van der Waals surface area contributed by atoms with Crippen molar-refractivity contribution in [1.29, 1.82) is 0 Å². The molecule has 0 heterocycles. The topological polar surface area (TPSA) is 17.1 Å². The van der Waals surface area contributed by atoms with E-state index in [0.717, 1.165) is 12.0 Å². The second-order valence-corrected chi connectivity index (χ2v) is 5.31. The van der Waals surface area contributed by atoms with E-state index in [4.69, 9.17) is 0 Å². The molecule has 1 aromatic rings. The van der Waals surface area contributed by atoms with Gasteiger partial charge in [-0.3, -0.25) is 4.79 Å². The highest BCUT2D eigenvalue weighted by Crippen LogP contribution is 2.30. The number of ketones is 1. The van der Waals surface area contributed by atoms with E-state index < -0.39 is 0 Å². The molecule has 0 amide bonds. The van der Waals surface area contributed by atoms with E-state index in [2.05, 4.69) is 24.5 Å². The standard InChI is InChI=1S/C14H16OS/c1-9(2)14(15)12-6-10-4-5-13(16-3)8-11(10)7-12/h4-6,8-9H,7H2,1-3H3. The third-order valence-corrected chi connectivity index (χ3v) is 3.63. The summed E-state index contributed by atoms with van der Waals surface area (Å²) in [5.41, 5.74) is 3.46. The molecule has 1 aromatic carbocycles. The lowest BCUT2D eigenvalue weighted by molar-refractivity contribution is -0.118. The summed E-state index contributed by atoms with van der Waals surface area (Å²) in [5, 5.41) is 0. The Morgan fingerprint density at radius 1 is 1.38 bits per heavy atom. The molecule has 2 heteroatoms. The molecule has 1 aliphatic rings. The first-order valence-corrected chi connectivity index (χ1v) is 6.76. The van der Waals surface area contributed by atoms with Crippen LogP contribution in [-0.2, 0) is 11.2 Å². The molecule has 0 N–H and O–H groups in total. The highest BCUT2D eigenvalue weighted by Gasteiger charge is 2.20. The Hall–Kier alpha value is -1.02. The predicted octanol–water partition coefficient (Wildman–Crippen LogP) is 3.57. The number of rotatable bonds is 3. The van der Waals surface area contributed by atoms with Gasteiger partial charge < -0.3 is 0 Å². The number of benzene rings is 1. The van der Waals surface area contributed by atoms with Gasteiger partial charge in [0.15, 0.2) is 5.78 Å². The number of carbonyl (C=O) groups excluding carboxylic acids is 1. The first-order valence-electron chi connectivity index (χ1n) is 5.53. The molecule has 0 atom stereocenters. The minimum absolute atomic E-state index is 0.0978. The zero-order valence-electron chi connectivity index (χ0n) is 9.91. The van der Waals surface area contributed by atoms with Crippen LogP contribution in [0.1, 0.15) is 25.0 Å². The maximum atomic E-state index is 11.9. The van der Waals surface area contributed by atoms with Crippen molar-refractivity contribution in [2.45, 2.75) is 25.2 Å². The highest BCUT2D eigenvalue weighted by atomic mass is 32.2. The maximum absolute atomic E-state index is 11.9. The minimum atomic E-state index is 0.0978. The van der Waals surface area contributed by atoms with Crippen LogP contribution in [0.25, 0.3) is 6.08 Å². The van der Waals surface area contributed by atoms with Gasteiger partial charge in [-0.25, -0.2) is 0 Å². The van der Waals surface area contributed by atoms with Gasteiger partial charge in [0.1, 0.15) is 0 Å². The largest absolute Gasteiger partial charge is 0.294 e. The fourth-order valence-electron chi connectivity index (χ4n) is 1.98. The second-order valence-electron chi connectivity index (χ2n) is 4.43. The summed E-state index contributed by atoms with van der Waals surface area (Å²) >= 11 is 1.74. The number of fused-ring (bicyclic) bond motifs is 1. The molecule has 1 aliphatic carbocycles. The van der Waals surface area contributed by atoms with Crippen LogP contribution in [-0.4, -0.2) is 12.0 Å². The summed E-state index contributed by atoms with van der Waals surface area (Å²) in [6.45, 7) is 3.92. The average molecular weight is 232 g/mol. The van der Waals surface area contributed by atoms with Crippen molar-refractivity contribution in [3.8, 4) is 0 Å². The van der Waals surface area contributed by atoms with E-state index in [1.807, 2.05) is 19.9 Å². The SMILES string of the molecule is CSc1ccc2c(c1)CC(C(=O)C(C)C)=C2. The van der Waals surface area contributed by atoms with Gasteiger partial charge >= 0.3 is 0 Å². The Morgan fingerprint density at radius 3 is 2.75 bits per heavy atom. The number of Topliss-reactive ketones (excluding diaryl/α,β-unsaturated/α-hetero) is 1. The Morgan fingerprint density at radius 2 is 2.12 bits per heavy atom. The number of carbonyl (C=O) groups is 1. The van der Waals surface area contributed by atoms with Crippen LogP contribution in [0.2, 0.25) is 0 Å². The molecule has 0 unspecified atom stereocenters. The van der Waals surface area contributed by atoms with Crippen molar-refractivity contribution < 1.29 is 4.79 Å². The summed E-state index contributed by atoms with van der Waals surface area (Å²) in [5.74, 6) is 0.377. The summed E-state index contributed by atoms with van der Waals surface area (Å²) in [7, 11) is 0. The van der Waals surface area contributed by atoms with Gasteiger partial charge in [0.05, 0.1) is 0 Å². The van der Waals surface area contributed by atoms with Crippen molar-refractivity contribution >= 4 is 23.6 Å². The maximum Gasteiger partial charge on any atom is 0.161 e. The number of hydrogen-bond donors (Lipinski definition) is 0. The normalized spacial score (nSPS) is 13.9. The molecule has 0 spiro atoms. The van der Waals surface area contributed by atoms with E-state index in [9.17, 15) is 4.79 Å². The Bertz CT molecular complexity index is 458. The molecule has 1 nitrogen and oxygen atoms in total. The lowest BCUT2D eigenvalue weighted by Crippen LogP contribution is -2.09. The fourth-order valence-corrected chi connectivity index (χ4v) is 2.44. The van der Waals surface area contributed by atoms with E-state index in [0.29, 0.717) is 0 Å². The van der Waals surface area contributed by atoms with Crippen LogP contribution in [0.15, 0.2) is 28.7 Å². The predicted molar refractivity (Wildman–Crippen MR) is 69.7 cm³/mol. The van der Waals surface area contributed by atoms with Gasteiger partial charge in [-0.1, -0.05) is 19.9 Å². The van der Waals surface area contributed by atoms with Crippen molar-refractivity contribution in [2.75, 3.05) is 6.26 Å². The summed E-state index contributed by atoms with van der Waals surface area (Å²) in [4.78, 5) is 13.2. The van der Waals surface area contributed by atoms with E-state index in [1.165, 1.54) is 16.0 Å².